The van der Waals surface area contributed by atoms with E-state index >= 15 is 0 Å². The summed E-state index contributed by atoms with van der Waals surface area (Å²) in [6.07, 6.45) is 0. The zero-order chi connectivity index (χ0) is 102. The van der Waals surface area contributed by atoms with E-state index in [9.17, 15) is 0 Å². The number of benzene rings is 22. The molecule has 0 atom stereocenters. The maximum Gasteiger partial charge on any atom is 0.179 e. The Morgan fingerprint density at radius 1 is 0.184 bits per heavy atom. The van der Waals surface area contributed by atoms with E-state index in [0.29, 0.717) is 69.0 Å². The van der Waals surface area contributed by atoms with Gasteiger partial charge in [0.1, 0.15) is 22.3 Å². The molecule has 0 unspecified atom stereocenters. The van der Waals surface area contributed by atoms with Crippen LogP contribution in [0.5, 0.6) is 0 Å². The summed E-state index contributed by atoms with van der Waals surface area (Å²) in [6.45, 7) is -4.75. The van der Waals surface area contributed by atoms with Gasteiger partial charge in [0, 0.05) is 146 Å². The van der Waals surface area contributed by atoms with Crippen LogP contribution in [-0.4, -0.2) is 0 Å². The number of anilines is 12. The lowest BCUT2D eigenvalue weighted by Gasteiger charge is -2.26. The van der Waals surface area contributed by atoms with Crippen molar-refractivity contribution < 1.29 is 35.5 Å². The van der Waals surface area contributed by atoms with E-state index in [1.807, 2.05) is 83.8 Å². The first-order valence-electron chi connectivity index (χ1n) is 51.9. The SMILES string of the molecule is [2H]C([2H])([2H])c1ccc(N(c2ccc(C)cc2)c2ccc3cc4c(cc3c2)oc2c3oc5cc6cc(N(c7ccc(C([2H])([2H])[2H])cc7)c7ccc(C([2H])([2H])[2H])cc7)ccc6cc5c3c(-c3ccccc3)c(-c3ccccc3)c42)cc1.[2H]c1ccc(N(c2ccc([2H])cc2)c2ccc3cc4c(cc3c2)oc2c3oc5cc6cc(N(c7ccc([2H])cc7)c7ccc([2H])cc7)ccc6cc5c3c(-c3ccccc3)c(-c3ccccc3)c42)cc1. The van der Waals surface area contributed by atoms with Crippen molar-refractivity contribution in [3.8, 4) is 44.5 Å². The average molecular weight is 1760 g/mol. The van der Waals surface area contributed by atoms with Crippen LogP contribution in [0.15, 0.2) is 479 Å². The Morgan fingerprint density at radius 2 is 0.382 bits per heavy atom. The van der Waals surface area contributed by atoms with Gasteiger partial charge in [-0.25, -0.2) is 0 Å². The molecule has 644 valence electrons. The summed E-state index contributed by atoms with van der Waals surface area (Å²) in [5, 5.41) is 15.5. The standard InChI is InChI=1S/C66H48N2O2.C62H40N2O2/c1-41-15-25-51(26-16-41)67(52-27-17-42(2)18-28-52)55-33-23-47-37-57-59(39-49(47)35-55)69-65-63(57)61(45-11-7-5-8-12-45)62(46-13-9-6-10-14-46)64-58-38-48-24-34-56(36-50(48)40-60(58)70-66(64)65)68(53-29-19-43(3)20-30-53)54-31-21-44(4)22-32-54;1-7-19-41(20-8-1)57-58(42-21-9-2-10-22-42)60-54-38-44-32-34-52(64(49-27-15-5-16-28-49)50-29-17-6-18-30-50)36-46(44)40-56(54)66-62(60)61-59(57)53-37-43-31-33-51(35-45(43)39-55(53)65-61)63(47-23-11-3-12-24-47)48-25-13-4-14-26-48/h5-40H,1-4H3;1-40H/i1D3,2D3,3D3;3D,4D,5D,6D. The Bertz CT molecular complexity index is 9310. The lowest BCUT2D eigenvalue weighted by atomic mass is 9.87. The van der Waals surface area contributed by atoms with Crippen molar-refractivity contribution in [2.24, 2.45) is 0 Å². The van der Waals surface area contributed by atoms with Crippen LogP contribution in [0.25, 0.3) is 175 Å². The summed E-state index contributed by atoms with van der Waals surface area (Å²) in [5.41, 5.74) is 25.8. The summed E-state index contributed by atoms with van der Waals surface area (Å²) in [5.74, 6) is 0. The Balaban J connectivity index is 0.000000156. The van der Waals surface area contributed by atoms with Gasteiger partial charge in [0.15, 0.2) is 22.3 Å². The molecule has 0 aliphatic heterocycles. The van der Waals surface area contributed by atoms with Crippen molar-refractivity contribution >= 4 is 199 Å². The Morgan fingerprint density at radius 3 is 0.596 bits per heavy atom. The van der Waals surface area contributed by atoms with Gasteiger partial charge in [-0.15, -0.1) is 0 Å². The second-order valence-electron chi connectivity index (χ2n) is 34.6. The minimum Gasteiger partial charge on any atom is -0.452 e. The van der Waals surface area contributed by atoms with Gasteiger partial charge in [0.25, 0.3) is 0 Å². The van der Waals surface area contributed by atoms with Gasteiger partial charge >= 0.3 is 0 Å². The highest BCUT2D eigenvalue weighted by molar-refractivity contribution is 6.34. The molecule has 0 spiro atoms. The van der Waals surface area contributed by atoms with Gasteiger partial charge in [-0.1, -0.05) is 289 Å². The maximum absolute atomic E-state index is 8.16. The monoisotopic (exact) mass is 1760 g/mol. The zero-order valence-electron chi connectivity index (χ0n) is 86.5. The van der Waals surface area contributed by atoms with E-state index in [0.717, 1.165) is 204 Å². The molecular weight excluding hydrogens is 1660 g/mol. The molecular formula is C128H88N4O4. The van der Waals surface area contributed by atoms with Crippen LogP contribution in [0.2, 0.25) is 0 Å². The number of hydrogen-bond donors (Lipinski definition) is 0. The van der Waals surface area contributed by atoms with Crippen LogP contribution in [0.3, 0.4) is 0 Å². The summed E-state index contributed by atoms with van der Waals surface area (Å²) in [6, 6.07) is 145. The number of furan rings is 4. The lowest BCUT2D eigenvalue weighted by Crippen LogP contribution is -2.09. The smallest absolute Gasteiger partial charge is 0.179 e. The van der Waals surface area contributed by atoms with Gasteiger partial charge < -0.3 is 37.3 Å². The molecule has 0 bridgehead atoms. The molecule has 26 aromatic rings. The minimum atomic E-state index is -2.29. The first-order chi connectivity index (χ1) is 72.2. The van der Waals surface area contributed by atoms with E-state index in [-0.39, 0.29) is 16.7 Å². The maximum atomic E-state index is 8.16. The average Bonchev–Trinajstić information content (AvgIpc) is 1.54. The van der Waals surface area contributed by atoms with Crippen molar-refractivity contribution in [2.45, 2.75) is 27.5 Å². The predicted molar refractivity (Wildman–Crippen MR) is 571 cm³/mol. The third kappa shape index (κ3) is 14.2. The number of para-hydroxylation sites is 4. The molecule has 4 heterocycles. The second-order valence-corrected chi connectivity index (χ2v) is 34.6. The van der Waals surface area contributed by atoms with Gasteiger partial charge in [-0.2, -0.15) is 0 Å². The number of aryl methyl sites for hydroxylation is 4. The fourth-order valence-electron chi connectivity index (χ4n) is 20.0. The minimum absolute atomic E-state index is 0.213. The van der Waals surface area contributed by atoms with Crippen LogP contribution in [0.1, 0.15) is 40.1 Å². The van der Waals surface area contributed by atoms with Crippen LogP contribution < -0.4 is 19.6 Å². The Labute approximate surface area is 804 Å². The molecule has 4 aromatic heterocycles. The molecule has 26 rings (SSSR count). The summed E-state index contributed by atoms with van der Waals surface area (Å²) < 4.78 is 133. The molecule has 0 radical (unpaired) electrons. The topological polar surface area (TPSA) is 65.5 Å². The fourth-order valence-corrected chi connectivity index (χ4v) is 20.0. The largest absolute Gasteiger partial charge is 0.452 e. The summed E-state index contributed by atoms with van der Waals surface area (Å²) >= 11 is 0. The molecule has 0 fully saturated rings. The normalized spacial score (nSPS) is 13.3. The van der Waals surface area contributed by atoms with Crippen molar-refractivity contribution in [1.82, 2.24) is 0 Å². The molecule has 0 N–H and O–H groups in total. The lowest BCUT2D eigenvalue weighted by molar-refractivity contribution is 0.634. The van der Waals surface area contributed by atoms with Gasteiger partial charge in [0.2, 0.25) is 0 Å². The molecule has 0 saturated heterocycles. The zero-order valence-corrected chi connectivity index (χ0v) is 73.5. The van der Waals surface area contributed by atoms with E-state index in [4.69, 9.17) is 35.5 Å². The Kier molecular flexibility index (Phi) is 16.5. The van der Waals surface area contributed by atoms with Crippen LogP contribution in [-0.2, 0) is 0 Å². The van der Waals surface area contributed by atoms with Gasteiger partial charge in [-0.05, 0) is 287 Å². The highest BCUT2D eigenvalue weighted by Gasteiger charge is 2.32. The summed E-state index contributed by atoms with van der Waals surface area (Å²) in [4.78, 5) is 8.41. The number of hydrogen-bond acceptors (Lipinski definition) is 8. The highest BCUT2D eigenvalue weighted by atomic mass is 16.4. The van der Waals surface area contributed by atoms with Crippen LogP contribution in [0.4, 0.5) is 68.2 Å². The molecule has 8 nitrogen and oxygen atoms in total. The third-order valence-electron chi connectivity index (χ3n) is 26.2. The molecule has 0 aliphatic rings. The number of nitrogens with zero attached hydrogens (tertiary/aromatic N) is 4. The van der Waals surface area contributed by atoms with E-state index < -0.39 is 20.6 Å². The van der Waals surface area contributed by atoms with E-state index in [2.05, 4.69) is 270 Å². The first kappa shape index (κ1) is 67.5. The van der Waals surface area contributed by atoms with E-state index in [1.54, 1.807) is 109 Å². The van der Waals surface area contributed by atoms with E-state index in [1.165, 1.54) is 0 Å². The number of rotatable bonds is 16. The van der Waals surface area contributed by atoms with Gasteiger partial charge in [0.05, 0.1) is 5.48 Å². The van der Waals surface area contributed by atoms with Crippen molar-refractivity contribution in [3.05, 3.63) is 483 Å². The van der Waals surface area contributed by atoms with Crippen molar-refractivity contribution in [2.75, 3.05) is 19.6 Å². The van der Waals surface area contributed by atoms with Crippen molar-refractivity contribution in [3.63, 3.8) is 0 Å². The predicted octanol–water partition coefficient (Wildman–Crippen LogP) is 37.4. The van der Waals surface area contributed by atoms with Crippen molar-refractivity contribution in [1.29, 1.82) is 0 Å². The van der Waals surface area contributed by atoms with Crippen LogP contribution in [0, 0.1) is 27.5 Å². The summed E-state index contributed by atoms with van der Waals surface area (Å²) in [7, 11) is 0. The Hall–Kier alpha value is -17.7. The fraction of sp³-hybridized carbons (Fsp3) is 0.0312. The molecule has 0 aliphatic carbocycles. The quantitative estimate of drug-likeness (QED) is 0.0948. The van der Waals surface area contributed by atoms with Gasteiger partial charge in [-0.3, -0.25) is 0 Å². The molecule has 8 heteroatoms. The second kappa shape index (κ2) is 33.3. The molecule has 136 heavy (non-hydrogen) atoms. The highest BCUT2D eigenvalue weighted by Crippen LogP contribution is 2.56. The molecule has 0 saturated carbocycles. The molecule has 0 amide bonds. The third-order valence-corrected chi connectivity index (χ3v) is 26.2. The van der Waals surface area contributed by atoms with Crippen LogP contribution >= 0.6 is 0 Å². The first-order valence-corrected chi connectivity index (χ1v) is 45.4. The number of fused-ring (bicyclic) bond motifs is 18. The molecule has 22 aromatic carbocycles.